The fourth-order valence-electron chi connectivity index (χ4n) is 3.05. The standard InChI is InChI=1S/C13H19NOS/c15-12-5-1-4-11(12)14-10-3-2-6-13-9(10)7-8-16-13/h7-8,10-12,14-15H,1-6H2/t10?,11-,12-/m0/s1. The van der Waals surface area contributed by atoms with Gasteiger partial charge in [0.15, 0.2) is 0 Å². The molecule has 2 aliphatic rings. The van der Waals surface area contributed by atoms with Gasteiger partial charge in [0.2, 0.25) is 0 Å². The van der Waals surface area contributed by atoms with E-state index in [9.17, 15) is 5.11 Å². The number of nitrogens with one attached hydrogen (secondary N) is 1. The molecule has 0 aromatic carbocycles. The zero-order valence-corrected chi connectivity index (χ0v) is 10.3. The average molecular weight is 237 g/mol. The molecule has 1 saturated carbocycles. The summed E-state index contributed by atoms with van der Waals surface area (Å²) >= 11 is 1.89. The van der Waals surface area contributed by atoms with Gasteiger partial charge in [0.25, 0.3) is 0 Å². The van der Waals surface area contributed by atoms with Crippen molar-refractivity contribution in [2.45, 2.75) is 56.7 Å². The molecule has 0 radical (unpaired) electrons. The van der Waals surface area contributed by atoms with Gasteiger partial charge in [-0.15, -0.1) is 11.3 Å². The number of fused-ring (bicyclic) bond motifs is 1. The monoisotopic (exact) mass is 237 g/mol. The van der Waals surface area contributed by atoms with Gasteiger partial charge in [0.1, 0.15) is 0 Å². The molecule has 2 aliphatic carbocycles. The molecule has 0 saturated heterocycles. The summed E-state index contributed by atoms with van der Waals surface area (Å²) < 4.78 is 0. The molecule has 3 heteroatoms. The Morgan fingerprint density at radius 3 is 3.00 bits per heavy atom. The van der Waals surface area contributed by atoms with Crippen molar-refractivity contribution in [2.24, 2.45) is 0 Å². The van der Waals surface area contributed by atoms with Crippen molar-refractivity contribution in [3.63, 3.8) is 0 Å². The van der Waals surface area contributed by atoms with Crippen LogP contribution < -0.4 is 5.32 Å². The van der Waals surface area contributed by atoms with Crippen molar-refractivity contribution in [1.82, 2.24) is 5.32 Å². The van der Waals surface area contributed by atoms with Crippen LogP contribution in [-0.2, 0) is 6.42 Å². The van der Waals surface area contributed by atoms with Crippen LogP contribution in [0.4, 0.5) is 0 Å². The van der Waals surface area contributed by atoms with Crippen molar-refractivity contribution >= 4 is 11.3 Å². The van der Waals surface area contributed by atoms with Crippen LogP contribution in [0.3, 0.4) is 0 Å². The van der Waals surface area contributed by atoms with Gasteiger partial charge in [-0.05, 0) is 55.5 Å². The highest BCUT2D eigenvalue weighted by Crippen LogP contribution is 2.34. The van der Waals surface area contributed by atoms with E-state index >= 15 is 0 Å². The van der Waals surface area contributed by atoms with Crippen molar-refractivity contribution in [3.8, 4) is 0 Å². The van der Waals surface area contributed by atoms with Crippen LogP contribution in [0.5, 0.6) is 0 Å². The van der Waals surface area contributed by atoms with E-state index in [1.807, 2.05) is 11.3 Å². The fraction of sp³-hybridized carbons (Fsp3) is 0.692. The Morgan fingerprint density at radius 1 is 1.25 bits per heavy atom. The third kappa shape index (κ3) is 1.92. The van der Waals surface area contributed by atoms with Crippen LogP contribution in [0, 0.1) is 0 Å². The highest BCUT2D eigenvalue weighted by Gasteiger charge is 2.29. The highest BCUT2D eigenvalue weighted by molar-refractivity contribution is 7.10. The van der Waals surface area contributed by atoms with Crippen LogP contribution in [0.15, 0.2) is 11.4 Å². The number of hydrogen-bond acceptors (Lipinski definition) is 3. The minimum atomic E-state index is -0.121. The minimum Gasteiger partial charge on any atom is -0.392 e. The van der Waals surface area contributed by atoms with Crippen molar-refractivity contribution in [3.05, 3.63) is 21.9 Å². The van der Waals surface area contributed by atoms with E-state index in [2.05, 4.69) is 16.8 Å². The first-order valence-electron chi connectivity index (χ1n) is 6.35. The summed E-state index contributed by atoms with van der Waals surface area (Å²) in [5.74, 6) is 0. The Morgan fingerprint density at radius 2 is 2.19 bits per heavy atom. The second-order valence-corrected chi connectivity index (χ2v) is 6.02. The maximum atomic E-state index is 9.86. The van der Waals surface area contributed by atoms with Crippen molar-refractivity contribution in [2.75, 3.05) is 0 Å². The Hall–Kier alpha value is -0.380. The number of aliphatic hydroxyl groups is 1. The molecule has 1 aromatic heterocycles. The molecule has 1 heterocycles. The molecule has 3 rings (SSSR count). The smallest absolute Gasteiger partial charge is 0.0693 e. The van der Waals surface area contributed by atoms with Crippen LogP contribution in [0.2, 0.25) is 0 Å². The molecular formula is C13H19NOS. The number of aryl methyl sites for hydroxylation is 1. The maximum absolute atomic E-state index is 9.86. The van der Waals surface area contributed by atoms with E-state index in [0.717, 1.165) is 12.8 Å². The Labute approximate surface area is 101 Å². The normalized spacial score (nSPS) is 33.9. The molecule has 0 spiro atoms. The fourth-order valence-corrected chi connectivity index (χ4v) is 4.04. The van der Waals surface area contributed by atoms with E-state index in [-0.39, 0.29) is 6.10 Å². The third-order valence-electron chi connectivity index (χ3n) is 3.95. The topological polar surface area (TPSA) is 32.3 Å². The van der Waals surface area contributed by atoms with Gasteiger partial charge in [-0.2, -0.15) is 0 Å². The third-order valence-corrected chi connectivity index (χ3v) is 4.94. The molecule has 0 amide bonds. The van der Waals surface area contributed by atoms with E-state index in [4.69, 9.17) is 0 Å². The second kappa shape index (κ2) is 4.47. The molecule has 1 fully saturated rings. The Kier molecular flexibility index (Phi) is 3.01. The van der Waals surface area contributed by atoms with Gasteiger partial charge in [-0.1, -0.05) is 0 Å². The first kappa shape index (κ1) is 10.8. The minimum absolute atomic E-state index is 0.121. The van der Waals surface area contributed by atoms with E-state index in [1.54, 1.807) is 4.88 Å². The summed E-state index contributed by atoms with van der Waals surface area (Å²) in [6, 6.07) is 3.08. The highest BCUT2D eigenvalue weighted by atomic mass is 32.1. The lowest BCUT2D eigenvalue weighted by Crippen LogP contribution is -2.39. The first-order chi connectivity index (χ1) is 7.84. The molecule has 0 aliphatic heterocycles. The zero-order chi connectivity index (χ0) is 11.0. The summed E-state index contributed by atoms with van der Waals surface area (Å²) in [5.41, 5.74) is 1.50. The molecule has 2 N–H and O–H groups in total. The number of hydrogen-bond donors (Lipinski definition) is 2. The van der Waals surface area contributed by atoms with E-state index < -0.39 is 0 Å². The predicted molar refractivity (Wildman–Crippen MR) is 66.8 cm³/mol. The van der Waals surface area contributed by atoms with E-state index in [0.29, 0.717) is 12.1 Å². The summed E-state index contributed by atoms with van der Waals surface area (Å²) in [7, 11) is 0. The first-order valence-corrected chi connectivity index (χ1v) is 7.23. The largest absolute Gasteiger partial charge is 0.392 e. The van der Waals surface area contributed by atoms with Gasteiger partial charge in [0, 0.05) is 17.0 Å². The van der Waals surface area contributed by atoms with Gasteiger partial charge in [-0.3, -0.25) is 0 Å². The summed E-state index contributed by atoms with van der Waals surface area (Å²) in [6.07, 6.45) is 6.92. The van der Waals surface area contributed by atoms with Gasteiger partial charge in [0.05, 0.1) is 6.10 Å². The van der Waals surface area contributed by atoms with Gasteiger partial charge in [-0.25, -0.2) is 0 Å². The molecule has 2 nitrogen and oxygen atoms in total. The van der Waals surface area contributed by atoms with Crippen LogP contribution >= 0.6 is 11.3 Å². The Balaban J connectivity index is 1.72. The molecule has 1 unspecified atom stereocenters. The van der Waals surface area contributed by atoms with Crippen LogP contribution in [0.1, 0.15) is 48.6 Å². The lowest BCUT2D eigenvalue weighted by atomic mass is 9.93. The van der Waals surface area contributed by atoms with Gasteiger partial charge < -0.3 is 10.4 Å². The Bertz CT molecular complexity index is 363. The van der Waals surface area contributed by atoms with Crippen molar-refractivity contribution < 1.29 is 5.11 Å². The predicted octanol–water partition coefficient (Wildman–Crippen LogP) is 2.63. The SMILES string of the molecule is O[C@H]1CCC[C@@H]1NC1CCCc2sccc21. The molecule has 88 valence electrons. The number of aliphatic hydroxyl groups excluding tert-OH is 1. The molecule has 3 atom stereocenters. The number of rotatable bonds is 2. The summed E-state index contributed by atoms with van der Waals surface area (Å²) in [5, 5.41) is 15.7. The lowest BCUT2D eigenvalue weighted by molar-refractivity contribution is 0.141. The average Bonchev–Trinajstić information content (AvgIpc) is 2.89. The van der Waals surface area contributed by atoms with Gasteiger partial charge >= 0.3 is 0 Å². The second-order valence-electron chi connectivity index (χ2n) is 5.02. The van der Waals surface area contributed by atoms with Crippen LogP contribution in [-0.4, -0.2) is 17.3 Å². The summed E-state index contributed by atoms with van der Waals surface area (Å²) in [4.78, 5) is 1.55. The molecule has 0 bridgehead atoms. The molecule has 16 heavy (non-hydrogen) atoms. The summed E-state index contributed by atoms with van der Waals surface area (Å²) in [6.45, 7) is 0. The quantitative estimate of drug-likeness (QED) is 0.829. The van der Waals surface area contributed by atoms with Crippen molar-refractivity contribution in [1.29, 1.82) is 0 Å². The lowest BCUT2D eigenvalue weighted by Gasteiger charge is -2.28. The van der Waals surface area contributed by atoms with E-state index in [1.165, 1.54) is 31.2 Å². The maximum Gasteiger partial charge on any atom is 0.0693 e. The zero-order valence-electron chi connectivity index (χ0n) is 9.48. The molecule has 1 aromatic rings. The number of thiophene rings is 1. The van der Waals surface area contributed by atoms with Crippen LogP contribution in [0.25, 0.3) is 0 Å². The molecular weight excluding hydrogens is 218 g/mol.